The van der Waals surface area contributed by atoms with Crippen LogP contribution in [0.3, 0.4) is 0 Å². The van der Waals surface area contributed by atoms with Crippen LogP contribution < -0.4 is 10.6 Å². The monoisotopic (exact) mass is 368 g/mol. The Hall–Kier alpha value is -3.80. The van der Waals surface area contributed by atoms with E-state index in [2.05, 4.69) is 30.6 Å². The predicted molar refractivity (Wildman–Crippen MR) is 111 cm³/mol. The number of nitrogens with zero attached hydrogens (tertiary/aromatic N) is 4. The molecule has 0 unspecified atom stereocenters. The van der Waals surface area contributed by atoms with Crippen LogP contribution in [0.2, 0.25) is 0 Å². The topological polar surface area (TPSA) is 75.6 Å². The molecule has 4 aromatic heterocycles. The van der Waals surface area contributed by atoms with Crippen LogP contribution in [0.25, 0.3) is 11.4 Å². The lowest BCUT2D eigenvalue weighted by Gasteiger charge is -2.09. The molecule has 0 bridgehead atoms. The third-order valence-electron chi connectivity index (χ3n) is 4.11. The number of rotatable bonds is 7. The summed E-state index contributed by atoms with van der Waals surface area (Å²) < 4.78 is 0. The molecule has 138 valence electrons. The Morgan fingerprint density at radius 2 is 1.04 bits per heavy atom. The van der Waals surface area contributed by atoms with E-state index in [1.807, 2.05) is 72.8 Å². The van der Waals surface area contributed by atoms with Crippen LogP contribution in [0.5, 0.6) is 0 Å². The maximum atomic E-state index is 4.68. The Morgan fingerprint density at radius 3 is 1.46 bits per heavy atom. The van der Waals surface area contributed by atoms with E-state index < -0.39 is 0 Å². The van der Waals surface area contributed by atoms with Gasteiger partial charge in [0.1, 0.15) is 11.6 Å². The third kappa shape index (κ3) is 4.67. The number of pyridine rings is 4. The zero-order valence-electron chi connectivity index (χ0n) is 15.3. The molecule has 0 saturated heterocycles. The molecule has 0 aliphatic carbocycles. The van der Waals surface area contributed by atoms with E-state index in [9.17, 15) is 0 Å². The van der Waals surface area contributed by atoms with Gasteiger partial charge < -0.3 is 10.6 Å². The minimum Gasteiger partial charge on any atom is -0.364 e. The highest BCUT2D eigenvalue weighted by Crippen LogP contribution is 2.19. The third-order valence-corrected chi connectivity index (χ3v) is 4.11. The van der Waals surface area contributed by atoms with Gasteiger partial charge >= 0.3 is 0 Å². The Labute approximate surface area is 163 Å². The van der Waals surface area contributed by atoms with E-state index in [-0.39, 0.29) is 0 Å². The quantitative estimate of drug-likeness (QED) is 0.510. The van der Waals surface area contributed by atoms with Crippen molar-refractivity contribution < 1.29 is 0 Å². The molecule has 0 saturated carbocycles. The zero-order chi connectivity index (χ0) is 19.0. The van der Waals surface area contributed by atoms with E-state index in [4.69, 9.17) is 0 Å². The Kier molecular flexibility index (Phi) is 5.49. The summed E-state index contributed by atoms with van der Waals surface area (Å²) in [7, 11) is 0. The lowest BCUT2D eigenvalue weighted by Crippen LogP contribution is -2.04. The maximum Gasteiger partial charge on any atom is 0.127 e. The van der Waals surface area contributed by atoms with Crippen molar-refractivity contribution in [2.45, 2.75) is 13.1 Å². The Bertz CT molecular complexity index is 936. The second-order valence-corrected chi connectivity index (χ2v) is 6.17. The van der Waals surface area contributed by atoms with E-state index in [1.54, 1.807) is 12.4 Å². The second-order valence-electron chi connectivity index (χ2n) is 6.17. The summed E-state index contributed by atoms with van der Waals surface area (Å²) in [5.41, 5.74) is 3.56. The molecule has 0 spiro atoms. The van der Waals surface area contributed by atoms with Crippen LogP contribution in [-0.2, 0) is 13.1 Å². The average molecular weight is 368 g/mol. The number of aromatic nitrogens is 4. The lowest BCUT2D eigenvalue weighted by molar-refractivity contribution is 1.02. The molecule has 2 N–H and O–H groups in total. The molecule has 0 fully saturated rings. The fourth-order valence-corrected chi connectivity index (χ4v) is 2.72. The van der Waals surface area contributed by atoms with Gasteiger partial charge in [-0.3, -0.25) is 9.97 Å². The Balaban J connectivity index is 1.45. The highest BCUT2D eigenvalue weighted by atomic mass is 15.0. The van der Waals surface area contributed by atoms with Gasteiger partial charge in [-0.2, -0.15) is 0 Å². The highest BCUT2D eigenvalue weighted by Gasteiger charge is 2.05. The second kappa shape index (κ2) is 8.73. The summed E-state index contributed by atoms with van der Waals surface area (Å²) >= 11 is 0. The summed E-state index contributed by atoms with van der Waals surface area (Å²) in [6.45, 7) is 1.24. The largest absolute Gasteiger partial charge is 0.364 e. The number of nitrogens with one attached hydrogen (secondary N) is 2. The molecule has 28 heavy (non-hydrogen) atoms. The molecule has 0 radical (unpaired) electrons. The fourth-order valence-electron chi connectivity index (χ4n) is 2.72. The van der Waals surface area contributed by atoms with Crippen molar-refractivity contribution in [2.75, 3.05) is 10.6 Å². The minimum atomic E-state index is 0.621. The maximum absolute atomic E-state index is 4.68. The molecule has 6 heteroatoms. The van der Waals surface area contributed by atoms with Gasteiger partial charge in [0.15, 0.2) is 0 Å². The zero-order valence-corrected chi connectivity index (χ0v) is 15.3. The standard InChI is InChI=1S/C22H20N6/c1-3-13-23-17(7-1)15-25-21-11-5-9-19(27-21)20-10-6-12-22(28-20)26-16-18-8-2-4-14-24-18/h1-14H,15-16H2,(H,25,27)(H,26,28). The highest BCUT2D eigenvalue weighted by molar-refractivity contribution is 5.59. The van der Waals surface area contributed by atoms with E-state index in [0.29, 0.717) is 13.1 Å². The molecule has 4 heterocycles. The van der Waals surface area contributed by atoms with Gasteiger partial charge in [-0.15, -0.1) is 0 Å². The molecule has 0 aliphatic rings. The van der Waals surface area contributed by atoms with Crippen molar-refractivity contribution in [3.8, 4) is 11.4 Å². The van der Waals surface area contributed by atoms with Crippen LogP contribution >= 0.6 is 0 Å². The van der Waals surface area contributed by atoms with Gasteiger partial charge in [-0.05, 0) is 48.5 Å². The summed E-state index contributed by atoms with van der Waals surface area (Å²) in [6, 6.07) is 23.5. The minimum absolute atomic E-state index is 0.621. The molecule has 0 aliphatic heterocycles. The van der Waals surface area contributed by atoms with E-state index in [0.717, 1.165) is 34.4 Å². The molecular weight excluding hydrogens is 348 g/mol. The van der Waals surface area contributed by atoms with Gasteiger partial charge in [0, 0.05) is 12.4 Å². The van der Waals surface area contributed by atoms with Crippen LogP contribution in [-0.4, -0.2) is 19.9 Å². The fraction of sp³-hybridized carbons (Fsp3) is 0.0909. The molecule has 6 nitrogen and oxygen atoms in total. The van der Waals surface area contributed by atoms with Crippen molar-refractivity contribution in [1.82, 2.24) is 19.9 Å². The summed E-state index contributed by atoms with van der Waals surface area (Å²) in [5.74, 6) is 1.58. The van der Waals surface area contributed by atoms with Gasteiger partial charge in [-0.1, -0.05) is 24.3 Å². The summed E-state index contributed by atoms with van der Waals surface area (Å²) in [5, 5.41) is 6.61. The molecular formula is C22H20N6. The van der Waals surface area contributed by atoms with Crippen molar-refractivity contribution in [3.05, 3.63) is 96.6 Å². The first-order valence-electron chi connectivity index (χ1n) is 9.09. The molecule has 4 aromatic rings. The molecule has 4 rings (SSSR count). The van der Waals surface area contributed by atoms with Crippen LogP contribution in [0.1, 0.15) is 11.4 Å². The van der Waals surface area contributed by atoms with Crippen LogP contribution in [0.4, 0.5) is 11.6 Å². The first-order valence-corrected chi connectivity index (χ1v) is 9.09. The van der Waals surface area contributed by atoms with Gasteiger partial charge in [0.25, 0.3) is 0 Å². The first kappa shape index (κ1) is 17.6. The van der Waals surface area contributed by atoms with Crippen molar-refractivity contribution in [2.24, 2.45) is 0 Å². The number of anilines is 2. The van der Waals surface area contributed by atoms with Crippen LogP contribution in [0.15, 0.2) is 85.2 Å². The normalized spacial score (nSPS) is 10.4. The SMILES string of the molecule is c1ccc(CNc2cccc(-c3cccc(NCc4ccccn4)n3)n2)nc1. The summed E-state index contributed by atoms with van der Waals surface area (Å²) in [4.78, 5) is 18.0. The average Bonchev–Trinajstić information content (AvgIpc) is 2.78. The van der Waals surface area contributed by atoms with Crippen LogP contribution in [0, 0.1) is 0 Å². The number of hydrogen-bond donors (Lipinski definition) is 2. The van der Waals surface area contributed by atoms with E-state index in [1.165, 1.54) is 0 Å². The first-order chi connectivity index (χ1) is 13.9. The van der Waals surface area contributed by atoms with Gasteiger partial charge in [-0.25, -0.2) is 9.97 Å². The van der Waals surface area contributed by atoms with Crippen molar-refractivity contribution >= 4 is 11.6 Å². The van der Waals surface area contributed by atoms with Gasteiger partial charge in [0.2, 0.25) is 0 Å². The molecule has 0 atom stereocenters. The number of hydrogen-bond acceptors (Lipinski definition) is 6. The molecule has 0 aromatic carbocycles. The predicted octanol–water partition coefficient (Wildman–Crippen LogP) is 4.16. The van der Waals surface area contributed by atoms with E-state index >= 15 is 0 Å². The van der Waals surface area contributed by atoms with Gasteiger partial charge in [0.05, 0.1) is 35.9 Å². The summed E-state index contributed by atoms with van der Waals surface area (Å²) in [6.07, 6.45) is 3.57. The Morgan fingerprint density at radius 1 is 0.536 bits per heavy atom. The molecule has 0 amide bonds. The van der Waals surface area contributed by atoms with Crippen molar-refractivity contribution in [3.63, 3.8) is 0 Å². The lowest BCUT2D eigenvalue weighted by atomic mass is 10.2. The smallest absolute Gasteiger partial charge is 0.127 e. The van der Waals surface area contributed by atoms with Crippen molar-refractivity contribution in [1.29, 1.82) is 0 Å².